The number of rotatable bonds is 10. The maximum Gasteiger partial charge on any atom is 0.220 e. The van der Waals surface area contributed by atoms with E-state index in [1.807, 2.05) is 0 Å². The number of carbonyl (C=O) groups is 1. The van der Waals surface area contributed by atoms with Crippen LogP contribution in [0.3, 0.4) is 0 Å². The van der Waals surface area contributed by atoms with Crippen LogP contribution in [0.1, 0.15) is 43.2 Å². The zero-order chi connectivity index (χ0) is 15.5. The molecule has 0 aliphatic heterocycles. The van der Waals surface area contributed by atoms with Gasteiger partial charge in [-0.3, -0.25) is 4.79 Å². The van der Waals surface area contributed by atoms with E-state index < -0.39 is 0 Å². The Morgan fingerprint density at radius 1 is 1.24 bits per heavy atom. The largest absolute Gasteiger partial charge is 0.356 e. The summed E-state index contributed by atoms with van der Waals surface area (Å²) < 4.78 is 0. The molecule has 1 rings (SSSR count). The molecule has 118 valence electrons. The SMILES string of the molecule is Cc1ccc(CCCC(=O)NCCCCC(N)CS)cc1. The number of amides is 1. The highest BCUT2D eigenvalue weighted by Crippen LogP contribution is 2.07. The van der Waals surface area contributed by atoms with E-state index in [-0.39, 0.29) is 11.9 Å². The number of thiol groups is 1. The normalized spacial score (nSPS) is 12.1. The van der Waals surface area contributed by atoms with Gasteiger partial charge in [-0.1, -0.05) is 36.2 Å². The van der Waals surface area contributed by atoms with Crippen LogP contribution in [0.2, 0.25) is 0 Å². The van der Waals surface area contributed by atoms with Gasteiger partial charge in [0.25, 0.3) is 0 Å². The average Bonchev–Trinajstić information content (AvgIpc) is 2.48. The second-order valence-corrected chi connectivity index (χ2v) is 5.99. The van der Waals surface area contributed by atoms with Gasteiger partial charge >= 0.3 is 0 Å². The Morgan fingerprint density at radius 3 is 2.62 bits per heavy atom. The van der Waals surface area contributed by atoms with Gasteiger partial charge < -0.3 is 11.1 Å². The summed E-state index contributed by atoms with van der Waals surface area (Å²) in [5.74, 6) is 0.881. The molecule has 3 N–H and O–H groups in total. The molecule has 1 atom stereocenters. The van der Waals surface area contributed by atoms with Gasteiger partial charge in [-0.15, -0.1) is 0 Å². The Morgan fingerprint density at radius 2 is 1.95 bits per heavy atom. The first kappa shape index (κ1) is 18.1. The van der Waals surface area contributed by atoms with Gasteiger partial charge in [0.1, 0.15) is 0 Å². The Balaban J connectivity index is 2.02. The van der Waals surface area contributed by atoms with Crippen molar-refractivity contribution in [1.82, 2.24) is 5.32 Å². The molecule has 0 saturated carbocycles. The van der Waals surface area contributed by atoms with Crippen LogP contribution in [-0.2, 0) is 11.2 Å². The predicted molar refractivity (Wildman–Crippen MR) is 92.8 cm³/mol. The second kappa shape index (κ2) is 10.7. The van der Waals surface area contributed by atoms with Crippen molar-refractivity contribution in [3.05, 3.63) is 35.4 Å². The number of hydrogen-bond acceptors (Lipinski definition) is 3. The first-order chi connectivity index (χ1) is 10.1. The van der Waals surface area contributed by atoms with Crippen LogP contribution in [-0.4, -0.2) is 24.2 Å². The molecular weight excluding hydrogens is 280 g/mol. The Hall–Kier alpha value is -1.00. The lowest BCUT2D eigenvalue weighted by Crippen LogP contribution is -2.25. The third-order valence-corrected chi connectivity index (χ3v) is 4.02. The number of unbranched alkanes of at least 4 members (excludes halogenated alkanes) is 1. The van der Waals surface area contributed by atoms with Crippen molar-refractivity contribution in [2.24, 2.45) is 5.73 Å². The Bertz CT molecular complexity index is 406. The van der Waals surface area contributed by atoms with Gasteiger partial charge in [0.05, 0.1) is 0 Å². The van der Waals surface area contributed by atoms with Crippen molar-refractivity contribution in [3.63, 3.8) is 0 Å². The van der Waals surface area contributed by atoms with Crippen LogP contribution in [0.15, 0.2) is 24.3 Å². The highest BCUT2D eigenvalue weighted by Gasteiger charge is 2.02. The molecule has 0 bridgehead atoms. The number of benzene rings is 1. The molecule has 1 unspecified atom stereocenters. The van der Waals surface area contributed by atoms with E-state index in [4.69, 9.17) is 5.73 Å². The molecule has 0 aliphatic carbocycles. The third-order valence-electron chi connectivity index (χ3n) is 3.55. The summed E-state index contributed by atoms with van der Waals surface area (Å²) in [6, 6.07) is 8.68. The van der Waals surface area contributed by atoms with Crippen LogP contribution < -0.4 is 11.1 Å². The molecule has 0 aromatic heterocycles. The minimum atomic E-state index is 0.153. The minimum absolute atomic E-state index is 0.153. The molecule has 1 aromatic rings. The van der Waals surface area contributed by atoms with Crippen molar-refractivity contribution in [3.8, 4) is 0 Å². The van der Waals surface area contributed by atoms with Crippen LogP contribution in [0, 0.1) is 6.92 Å². The minimum Gasteiger partial charge on any atom is -0.356 e. The first-order valence-electron chi connectivity index (χ1n) is 7.80. The smallest absolute Gasteiger partial charge is 0.220 e. The third kappa shape index (κ3) is 8.79. The molecule has 1 aromatic carbocycles. The van der Waals surface area contributed by atoms with Crippen molar-refractivity contribution in [2.45, 2.75) is 51.5 Å². The van der Waals surface area contributed by atoms with E-state index >= 15 is 0 Å². The first-order valence-corrected chi connectivity index (χ1v) is 8.43. The number of hydrogen-bond donors (Lipinski definition) is 3. The molecular formula is C17H28N2OS. The topological polar surface area (TPSA) is 55.1 Å². The van der Waals surface area contributed by atoms with E-state index in [1.54, 1.807) is 0 Å². The Kier molecular flexibility index (Phi) is 9.19. The fourth-order valence-corrected chi connectivity index (χ4v) is 2.33. The lowest BCUT2D eigenvalue weighted by Gasteiger charge is -2.08. The molecule has 21 heavy (non-hydrogen) atoms. The zero-order valence-corrected chi connectivity index (χ0v) is 13.9. The van der Waals surface area contributed by atoms with Gasteiger partial charge in [-0.2, -0.15) is 12.6 Å². The standard InChI is InChI=1S/C17H28N2OS/c1-14-8-10-15(11-9-14)5-4-7-17(20)19-12-3-2-6-16(18)13-21/h8-11,16,21H,2-7,12-13,18H2,1H3,(H,19,20). The van der Waals surface area contributed by atoms with Crippen molar-refractivity contribution < 1.29 is 4.79 Å². The van der Waals surface area contributed by atoms with Gasteiger partial charge in [0.2, 0.25) is 5.91 Å². The number of nitrogens with one attached hydrogen (secondary N) is 1. The van der Waals surface area contributed by atoms with Gasteiger partial charge in [0.15, 0.2) is 0 Å². The predicted octanol–water partition coefficient (Wildman–Crippen LogP) is 2.86. The zero-order valence-electron chi connectivity index (χ0n) is 13.0. The van der Waals surface area contributed by atoms with Crippen molar-refractivity contribution >= 4 is 18.5 Å². The van der Waals surface area contributed by atoms with Crippen molar-refractivity contribution in [2.75, 3.05) is 12.3 Å². The maximum absolute atomic E-state index is 11.7. The second-order valence-electron chi connectivity index (χ2n) is 5.63. The molecule has 0 saturated heterocycles. The van der Waals surface area contributed by atoms with Crippen LogP contribution >= 0.6 is 12.6 Å². The fourth-order valence-electron chi connectivity index (χ4n) is 2.15. The fraction of sp³-hybridized carbons (Fsp3) is 0.588. The van der Waals surface area contributed by atoms with Crippen LogP contribution in [0.25, 0.3) is 0 Å². The lowest BCUT2D eigenvalue weighted by atomic mass is 10.1. The molecule has 0 fully saturated rings. The van der Waals surface area contributed by atoms with Gasteiger partial charge in [-0.05, 0) is 38.2 Å². The highest BCUT2D eigenvalue weighted by molar-refractivity contribution is 7.80. The van der Waals surface area contributed by atoms with Crippen LogP contribution in [0.5, 0.6) is 0 Å². The van der Waals surface area contributed by atoms with E-state index in [2.05, 4.69) is 49.1 Å². The number of nitrogens with two attached hydrogens (primary N) is 1. The Labute approximate surface area is 134 Å². The molecule has 0 spiro atoms. The molecule has 4 heteroatoms. The molecule has 1 amide bonds. The van der Waals surface area contributed by atoms with Gasteiger partial charge in [0, 0.05) is 24.8 Å². The van der Waals surface area contributed by atoms with Gasteiger partial charge in [-0.25, -0.2) is 0 Å². The lowest BCUT2D eigenvalue weighted by molar-refractivity contribution is -0.121. The summed E-state index contributed by atoms with van der Waals surface area (Å²) >= 11 is 4.15. The average molecular weight is 308 g/mol. The maximum atomic E-state index is 11.7. The summed E-state index contributed by atoms with van der Waals surface area (Å²) in [6.45, 7) is 2.84. The molecule has 3 nitrogen and oxygen atoms in total. The quantitative estimate of drug-likeness (QED) is 0.460. The molecule has 0 aliphatic rings. The summed E-state index contributed by atoms with van der Waals surface area (Å²) in [5.41, 5.74) is 8.35. The summed E-state index contributed by atoms with van der Waals surface area (Å²) in [6.07, 6.45) is 5.48. The van der Waals surface area contributed by atoms with E-state index in [1.165, 1.54) is 11.1 Å². The van der Waals surface area contributed by atoms with E-state index in [0.29, 0.717) is 6.42 Å². The van der Waals surface area contributed by atoms with E-state index in [9.17, 15) is 4.79 Å². The van der Waals surface area contributed by atoms with Crippen molar-refractivity contribution in [1.29, 1.82) is 0 Å². The summed E-state index contributed by atoms with van der Waals surface area (Å²) in [5, 5.41) is 2.97. The van der Waals surface area contributed by atoms with E-state index in [0.717, 1.165) is 44.4 Å². The molecule has 0 heterocycles. The van der Waals surface area contributed by atoms with Crippen LogP contribution in [0.4, 0.5) is 0 Å². The highest BCUT2D eigenvalue weighted by atomic mass is 32.1. The summed E-state index contributed by atoms with van der Waals surface area (Å²) in [7, 11) is 0. The number of carbonyl (C=O) groups excluding carboxylic acids is 1. The monoisotopic (exact) mass is 308 g/mol. The summed E-state index contributed by atoms with van der Waals surface area (Å²) in [4.78, 5) is 11.7. The molecule has 0 radical (unpaired) electrons. The number of aryl methyl sites for hydroxylation is 2.